The first-order valence-electron chi connectivity index (χ1n) is 9.28. The van der Waals surface area contributed by atoms with E-state index in [0.717, 1.165) is 52.9 Å². The van der Waals surface area contributed by atoms with Crippen LogP contribution < -0.4 is 10.2 Å². The van der Waals surface area contributed by atoms with Gasteiger partial charge in [0.25, 0.3) is 0 Å². The molecule has 2 N–H and O–H groups in total. The molecule has 0 aliphatic carbocycles. The van der Waals surface area contributed by atoms with Crippen LogP contribution in [0.15, 0.2) is 42.5 Å². The van der Waals surface area contributed by atoms with Crippen molar-refractivity contribution in [1.29, 1.82) is 0 Å². The van der Waals surface area contributed by atoms with Crippen LogP contribution >= 0.6 is 11.6 Å². The number of benzene rings is 2. The highest BCUT2D eigenvalue weighted by atomic mass is 35.5. The van der Waals surface area contributed by atoms with Gasteiger partial charge in [0, 0.05) is 24.5 Å². The lowest BCUT2D eigenvalue weighted by Gasteiger charge is -2.25. The first-order chi connectivity index (χ1) is 13.5. The molecule has 0 radical (unpaired) electrons. The summed E-state index contributed by atoms with van der Waals surface area (Å²) in [6.45, 7) is 2.42. The van der Waals surface area contributed by atoms with Gasteiger partial charge in [-0.25, -0.2) is 4.98 Å². The molecule has 1 amide bonds. The lowest BCUT2D eigenvalue weighted by Crippen LogP contribution is -2.33. The summed E-state index contributed by atoms with van der Waals surface area (Å²) in [4.78, 5) is 22.3. The number of nitrogens with one attached hydrogen (secondary N) is 1. The number of hydrogen-bond acceptors (Lipinski definition) is 5. The average molecular weight is 397 g/mol. The molecule has 2 aromatic carbocycles. The molecule has 1 aliphatic rings. The molecule has 3 aromatic rings. The average Bonchev–Trinajstić information content (AvgIpc) is 3.15. The zero-order valence-corrected chi connectivity index (χ0v) is 16.3. The van der Waals surface area contributed by atoms with Crippen LogP contribution in [-0.2, 0) is 4.79 Å². The third-order valence-corrected chi connectivity index (χ3v) is 5.19. The summed E-state index contributed by atoms with van der Waals surface area (Å²) in [5, 5.41) is 13.6. The maximum Gasteiger partial charge on any atom is 0.224 e. The van der Waals surface area contributed by atoms with Crippen molar-refractivity contribution in [3.8, 4) is 11.1 Å². The zero-order valence-electron chi connectivity index (χ0n) is 15.5. The molecular formula is C21H21ClN4O2. The first-order valence-corrected chi connectivity index (χ1v) is 9.66. The molecule has 4 rings (SSSR count). The van der Waals surface area contributed by atoms with Crippen LogP contribution in [0.3, 0.4) is 0 Å². The van der Waals surface area contributed by atoms with E-state index >= 15 is 0 Å². The molecule has 1 atom stereocenters. The van der Waals surface area contributed by atoms with Crippen LogP contribution in [0.25, 0.3) is 22.0 Å². The van der Waals surface area contributed by atoms with E-state index in [0.29, 0.717) is 0 Å². The van der Waals surface area contributed by atoms with E-state index in [-0.39, 0.29) is 23.8 Å². The number of aliphatic hydroxyl groups is 1. The van der Waals surface area contributed by atoms with Crippen molar-refractivity contribution in [1.82, 2.24) is 9.97 Å². The SMILES string of the molecule is CC(=O)Nc1cccc(-c2ccc3c(N4CCC[C@H]4CO)nc(Cl)nc3c2)c1. The molecule has 7 heteroatoms. The van der Waals surface area contributed by atoms with Gasteiger partial charge >= 0.3 is 0 Å². The number of carbonyl (C=O) groups excluding carboxylic acids is 1. The molecule has 1 aromatic heterocycles. The third kappa shape index (κ3) is 3.66. The van der Waals surface area contributed by atoms with Gasteiger partial charge in [-0.05, 0) is 59.8 Å². The molecule has 1 saturated heterocycles. The normalized spacial score (nSPS) is 16.5. The second-order valence-electron chi connectivity index (χ2n) is 6.98. The van der Waals surface area contributed by atoms with Gasteiger partial charge in [0.05, 0.1) is 18.2 Å². The minimum atomic E-state index is -0.108. The lowest BCUT2D eigenvalue weighted by atomic mass is 10.0. The van der Waals surface area contributed by atoms with Crippen LogP contribution in [0, 0.1) is 0 Å². The maximum atomic E-state index is 11.3. The second kappa shape index (κ2) is 7.73. The monoisotopic (exact) mass is 396 g/mol. The van der Waals surface area contributed by atoms with Gasteiger partial charge < -0.3 is 15.3 Å². The Labute approximate surface area is 168 Å². The molecule has 1 aliphatic heterocycles. The van der Waals surface area contributed by atoms with E-state index in [2.05, 4.69) is 20.2 Å². The van der Waals surface area contributed by atoms with E-state index in [1.54, 1.807) is 0 Å². The van der Waals surface area contributed by atoms with Gasteiger partial charge in [-0.2, -0.15) is 4.98 Å². The molecule has 1 fully saturated rings. The van der Waals surface area contributed by atoms with E-state index in [4.69, 9.17) is 11.6 Å². The minimum absolute atomic E-state index is 0.0585. The van der Waals surface area contributed by atoms with Crippen LogP contribution in [0.4, 0.5) is 11.5 Å². The van der Waals surface area contributed by atoms with Crippen molar-refractivity contribution in [2.75, 3.05) is 23.4 Å². The van der Waals surface area contributed by atoms with Crippen LogP contribution in [0.1, 0.15) is 19.8 Å². The van der Waals surface area contributed by atoms with Crippen LogP contribution in [-0.4, -0.2) is 40.2 Å². The van der Waals surface area contributed by atoms with Gasteiger partial charge in [0.1, 0.15) is 5.82 Å². The van der Waals surface area contributed by atoms with Crippen molar-refractivity contribution in [2.45, 2.75) is 25.8 Å². The smallest absolute Gasteiger partial charge is 0.224 e. The summed E-state index contributed by atoms with van der Waals surface area (Å²) < 4.78 is 0. The van der Waals surface area contributed by atoms with Crippen LogP contribution in [0.2, 0.25) is 5.28 Å². The van der Waals surface area contributed by atoms with Gasteiger partial charge in [-0.3, -0.25) is 4.79 Å². The predicted molar refractivity (Wildman–Crippen MR) is 112 cm³/mol. The van der Waals surface area contributed by atoms with E-state index in [9.17, 15) is 9.90 Å². The van der Waals surface area contributed by atoms with E-state index in [1.165, 1.54) is 6.92 Å². The summed E-state index contributed by atoms with van der Waals surface area (Å²) in [5.41, 5.74) is 3.44. The Morgan fingerprint density at radius 1 is 1.25 bits per heavy atom. The van der Waals surface area contributed by atoms with Crippen molar-refractivity contribution >= 4 is 39.9 Å². The number of nitrogens with zero attached hydrogens (tertiary/aromatic N) is 3. The minimum Gasteiger partial charge on any atom is -0.394 e. The number of aromatic nitrogens is 2. The van der Waals surface area contributed by atoms with Crippen molar-refractivity contribution < 1.29 is 9.90 Å². The largest absolute Gasteiger partial charge is 0.394 e. The topological polar surface area (TPSA) is 78.4 Å². The molecule has 0 unspecified atom stereocenters. The summed E-state index contributed by atoms with van der Waals surface area (Å²) in [6, 6.07) is 13.7. The molecule has 28 heavy (non-hydrogen) atoms. The highest BCUT2D eigenvalue weighted by molar-refractivity contribution is 6.28. The number of carbonyl (C=O) groups is 1. The molecule has 2 heterocycles. The fraction of sp³-hybridized carbons (Fsp3) is 0.286. The standard InChI is InChI=1S/C21H21ClN4O2/c1-13(28)23-16-5-2-4-14(10-16)15-7-8-18-19(11-15)24-21(22)25-20(18)26-9-3-6-17(26)12-27/h2,4-5,7-8,10-11,17,27H,3,6,9,12H2,1H3,(H,23,28)/t17-/m0/s1. The quantitative estimate of drug-likeness (QED) is 0.654. The molecule has 6 nitrogen and oxygen atoms in total. The summed E-state index contributed by atoms with van der Waals surface area (Å²) >= 11 is 6.22. The zero-order chi connectivity index (χ0) is 19.7. The van der Waals surface area contributed by atoms with Gasteiger partial charge in [0.15, 0.2) is 0 Å². The Hall–Kier alpha value is -2.70. The fourth-order valence-corrected chi connectivity index (χ4v) is 3.94. The van der Waals surface area contributed by atoms with Crippen LogP contribution in [0.5, 0.6) is 0 Å². The molecule has 0 saturated carbocycles. The number of anilines is 2. The number of rotatable bonds is 4. The van der Waals surface area contributed by atoms with Crippen molar-refractivity contribution in [3.05, 3.63) is 47.7 Å². The summed E-state index contributed by atoms with van der Waals surface area (Å²) in [7, 11) is 0. The van der Waals surface area contributed by atoms with Gasteiger partial charge in [-0.1, -0.05) is 18.2 Å². The molecular weight excluding hydrogens is 376 g/mol. The Morgan fingerprint density at radius 3 is 2.86 bits per heavy atom. The number of fused-ring (bicyclic) bond motifs is 1. The van der Waals surface area contributed by atoms with Gasteiger partial charge in [0.2, 0.25) is 11.2 Å². The Morgan fingerprint density at radius 2 is 2.07 bits per heavy atom. The van der Waals surface area contributed by atoms with E-state index in [1.807, 2.05) is 42.5 Å². The predicted octanol–water partition coefficient (Wildman–Crippen LogP) is 3.87. The van der Waals surface area contributed by atoms with Crippen molar-refractivity contribution in [3.63, 3.8) is 0 Å². The summed E-state index contributed by atoms with van der Waals surface area (Å²) in [5.74, 6) is 0.661. The Balaban J connectivity index is 1.77. The highest BCUT2D eigenvalue weighted by Gasteiger charge is 2.27. The maximum absolute atomic E-state index is 11.3. The molecule has 144 valence electrons. The van der Waals surface area contributed by atoms with Gasteiger partial charge in [-0.15, -0.1) is 0 Å². The van der Waals surface area contributed by atoms with E-state index < -0.39 is 0 Å². The Bertz CT molecular complexity index is 1040. The van der Waals surface area contributed by atoms with Crippen molar-refractivity contribution in [2.24, 2.45) is 0 Å². The third-order valence-electron chi connectivity index (χ3n) is 5.03. The lowest BCUT2D eigenvalue weighted by molar-refractivity contribution is -0.114. The first kappa shape index (κ1) is 18.7. The number of amides is 1. The highest BCUT2D eigenvalue weighted by Crippen LogP contribution is 2.33. The second-order valence-corrected chi connectivity index (χ2v) is 7.32. The number of hydrogen-bond donors (Lipinski definition) is 2. The summed E-state index contributed by atoms with van der Waals surface area (Å²) in [6.07, 6.45) is 1.95. The number of halogens is 1. The molecule has 0 bridgehead atoms. The molecule has 0 spiro atoms. The number of aliphatic hydroxyl groups excluding tert-OH is 1. The fourth-order valence-electron chi connectivity index (χ4n) is 3.77. The Kier molecular flexibility index (Phi) is 5.15.